The molecule has 2 amide bonds. The Kier molecular flexibility index (Phi) is 6.88. The standard InChI is InChI=1S/C23H27N3O5S/c27-22-7-2-12-26(22)19-10-8-17(9-11-19)15-24-23(28)18-4-1-6-21(14-18)32(29,30)25-16-20-5-3-13-31-20/h1,4,6,8-11,14,20,25H,2-3,5,7,12-13,15-16H2,(H,24,28). The van der Waals surface area contributed by atoms with E-state index in [-0.39, 0.29) is 34.9 Å². The van der Waals surface area contributed by atoms with Gasteiger partial charge in [0.15, 0.2) is 0 Å². The van der Waals surface area contributed by atoms with Crippen molar-refractivity contribution in [2.75, 3.05) is 24.6 Å². The van der Waals surface area contributed by atoms with Crippen LogP contribution in [0.3, 0.4) is 0 Å². The molecular formula is C23H27N3O5S. The van der Waals surface area contributed by atoms with E-state index in [2.05, 4.69) is 10.0 Å². The van der Waals surface area contributed by atoms with Crippen molar-refractivity contribution in [2.45, 2.75) is 43.2 Å². The zero-order valence-electron chi connectivity index (χ0n) is 17.7. The molecule has 0 bridgehead atoms. The topological polar surface area (TPSA) is 105 Å². The Morgan fingerprint density at radius 3 is 2.62 bits per heavy atom. The van der Waals surface area contributed by atoms with Crippen LogP contribution >= 0.6 is 0 Å². The van der Waals surface area contributed by atoms with Gasteiger partial charge in [-0.25, -0.2) is 13.1 Å². The van der Waals surface area contributed by atoms with Gasteiger partial charge >= 0.3 is 0 Å². The van der Waals surface area contributed by atoms with E-state index in [1.165, 1.54) is 12.1 Å². The van der Waals surface area contributed by atoms with E-state index in [0.29, 0.717) is 19.6 Å². The summed E-state index contributed by atoms with van der Waals surface area (Å²) in [5, 5.41) is 2.81. The third-order valence-corrected chi connectivity index (χ3v) is 7.13. The number of anilines is 1. The van der Waals surface area contributed by atoms with E-state index in [1.807, 2.05) is 24.3 Å². The molecule has 4 rings (SSSR count). The van der Waals surface area contributed by atoms with Crippen LogP contribution in [0.25, 0.3) is 0 Å². The summed E-state index contributed by atoms with van der Waals surface area (Å²) in [6, 6.07) is 13.5. The zero-order chi connectivity index (χ0) is 22.6. The molecule has 2 aromatic rings. The molecule has 2 saturated heterocycles. The fourth-order valence-electron chi connectivity index (χ4n) is 3.90. The number of nitrogens with zero attached hydrogens (tertiary/aromatic N) is 1. The van der Waals surface area contributed by atoms with Gasteiger partial charge in [-0.2, -0.15) is 0 Å². The first-order valence-corrected chi connectivity index (χ1v) is 12.3. The molecule has 2 aliphatic heterocycles. The molecule has 170 valence electrons. The van der Waals surface area contributed by atoms with Crippen molar-refractivity contribution in [1.82, 2.24) is 10.0 Å². The minimum absolute atomic E-state index is 0.0442. The number of rotatable bonds is 8. The van der Waals surface area contributed by atoms with Gasteiger partial charge in [-0.3, -0.25) is 9.59 Å². The number of carbonyl (C=O) groups is 2. The van der Waals surface area contributed by atoms with Crippen molar-refractivity contribution in [3.8, 4) is 0 Å². The lowest BCUT2D eigenvalue weighted by Crippen LogP contribution is -2.32. The van der Waals surface area contributed by atoms with Crippen LogP contribution in [0.1, 0.15) is 41.6 Å². The number of hydrogen-bond donors (Lipinski definition) is 2. The second-order valence-electron chi connectivity index (χ2n) is 8.01. The average molecular weight is 458 g/mol. The fraction of sp³-hybridized carbons (Fsp3) is 0.391. The second kappa shape index (κ2) is 9.81. The number of hydrogen-bond acceptors (Lipinski definition) is 5. The third kappa shape index (κ3) is 5.35. The summed E-state index contributed by atoms with van der Waals surface area (Å²) in [7, 11) is -3.73. The summed E-state index contributed by atoms with van der Waals surface area (Å²) in [6.45, 7) is 1.90. The number of amides is 2. The predicted molar refractivity (Wildman–Crippen MR) is 120 cm³/mol. The molecule has 0 saturated carbocycles. The molecule has 0 aromatic heterocycles. The first-order chi connectivity index (χ1) is 15.4. The van der Waals surface area contributed by atoms with Crippen LogP contribution in [0.4, 0.5) is 5.69 Å². The van der Waals surface area contributed by atoms with E-state index in [0.717, 1.165) is 37.1 Å². The molecule has 2 aliphatic rings. The summed E-state index contributed by atoms with van der Waals surface area (Å²) in [5.74, 6) is -0.230. The lowest BCUT2D eigenvalue weighted by molar-refractivity contribution is -0.117. The molecule has 2 aromatic carbocycles. The molecule has 1 unspecified atom stereocenters. The monoisotopic (exact) mass is 457 g/mol. The van der Waals surface area contributed by atoms with Gasteiger partial charge in [-0.1, -0.05) is 18.2 Å². The maximum absolute atomic E-state index is 12.6. The Labute approximate surface area is 188 Å². The SMILES string of the molecule is O=C(NCc1ccc(N2CCCC2=O)cc1)c1cccc(S(=O)(=O)NCC2CCCO2)c1. The van der Waals surface area contributed by atoms with Crippen LogP contribution in [0.15, 0.2) is 53.4 Å². The van der Waals surface area contributed by atoms with E-state index >= 15 is 0 Å². The maximum atomic E-state index is 12.6. The van der Waals surface area contributed by atoms with Crippen LogP contribution in [0.2, 0.25) is 0 Å². The van der Waals surface area contributed by atoms with Gasteiger partial charge in [0, 0.05) is 43.9 Å². The molecule has 2 fully saturated rings. The van der Waals surface area contributed by atoms with Crippen molar-refractivity contribution in [1.29, 1.82) is 0 Å². The minimum atomic E-state index is -3.73. The normalized spacial score (nSPS) is 18.8. The molecule has 32 heavy (non-hydrogen) atoms. The van der Waals surface area contributed by atoms with Crippen molar-refractivity contribution in [3.05, 3.63) is 59.7 Å². The Balaban J connectivity index is 1.34. The van der Waals surface area contributed by atoms with Crippen molar-refractivity contribution in [2.24, 2.45) is 0 Å². The number of ether oxygens (including phenoxy) is 1. The molecule has 1 atom stereocenters. The summed E-state index contributed by atoms with van der Waals surface area (Å²) >= 11 is 0. The Bertz CT molecular complexity index is 1080. The number of nitrogens with one attached hydrogen (secondary N) is 2. The van der Waals surface area contributed by atoms with Crippen molar-refractivity contribution < 1.29 is 22.7 Å². The molecule has 0 radical (unpaired) electrons. The summed E-state index contributed by atoms with van der Waals surface area (Å²) in [5.41, 5.74) is 2.01. The van der Waals surface area contributed by atoms with Gasteiger partial charge in [0.05, 0.1) is 11.0 Å². The lowest BCUT2D eigenvalue weighted by atomic mass is 10.1. The molecule has 9 heteroatoms. The third-order valence-electron chi connectivity index (χ3n) is 5.71. The highest BCUT2D eigenvalue weighted by Gasteiger charge is 2.22. The second-order valence-corrected chi connectivity index (χ2v) is 9.78. The molecule has 0 aliphatic carbocycles. The van der Waals surface area contributed by atoms with E-state index in [1.54, 1.807) is 17.0 Å². The Morgan fingerprint density at radius 1 is 1.12 bits per heavy atom. The highest BCUT2D eigenvalue weighted by Crippen LogP contribution is 2.21. The molecular weight excluding hydrogens is 430 g/mol. The van der Waals surface area contributed by atoms with Crippen molar-refractivity contribution >= 4 is 27.5 Å². The van der Waals surface area contributed by atoms with Crippen molar-refractivity contribution in [3.63, 3.8) is 0 Å². The first-order valence-electron chi connectivity index (χ1n) is 10.8. The molecule has 8 nitrogen and oxygen atoms in total. The van der Waals surface area contributed by atoms with Crippen LogP contribution in [-0.2, 0) is 26.1 Å². The molecule has 2 heterocycles. The van der Waals surface area contributed by atoms with Gasteiger partial charge in [0.2, 0.25) is 15.9 Å². The predicted octanol–water partition coefficient (Wildman–Crippen LogP) is 2.20. The smallest absolute Gasteiger partial charge is 0.251 e. The van der Waals surface area contributed by atoms with Crippen LogP contribution in [0, 0.1) is 0 Å². The van der Waals surface area contributed by atoms with Crippen LogP contribution in [-0.4, -0.2) is 46.0 Å². The van der Waals surface area contributed by atoms with E-state index in [4.69, 9.17) is 4.74 Å². The number of carbonyl (C=O) groups excluding carboxylic acids is 2. The number of benzene rings is 2. The minimum Gasteiger partial charge on any atom is -0.377 e. The van der Waals surface area contributed by atoms with E-state index in [9.17, 15) is 18.0 Å². The number of sulfonamides is 1. The zero-order valence-corrected chi connectivity index (χ0v) is 18.6. The van der Waals surface area contributed by atoms with Crippen LogP contribution in [0.5, 0.6) is 0 Å². The summed E-state index contributed by atoms with van der Waals surface area (Å²) < 4.78 is 33.2. The largest absolute Gasteiger partial charge is 0.377 e. The summed E-state index contributed by atoms with van der Waals surface area (Å²) in [6.07, 6.45) is 3.11. The van der Waals surface area contributed by atoms with Gasteiger partial charge < -0.3 is 15.0 Å². The average Bonchev–Trinajstić information content (AvgIpc) is 3.48. The maximum Gasteiger partial charge on any atom is 0.251 e. The van der Waals surface area contributed by atoms with Gasteiger partial charge in [-0.05, 0) is 55.2 Å². The highest BCUT2D eigenvalue weighted by atomic mass is 32.2. The lowest BCUT2D eigenvalue weighted by Gasteiger charge is -2.16. The van der Waals surface area contributed by atoms with Gasteiger partial charge in [0.1, 0.15) is 0 Å². The Morgan fingerprint density at radius 2 is 1.94 bits per heavy atom. The van der Waals surface area contributed by atoms with Gasteiger partial charge in [-0.15, -0.1) is 0 Å². The molecule has 2 N–H and O–H groups in total. The van der Waals surface area contributed by atoms with Crippen LogP contribution < -0.4 is 14.9 Å². The summed E-state index contributed by atoms with van der Waals surface area (Å²) in [4.78, 5) is 26.2. The first kappa shape index (κ1) is 22.4. The van der Waals surface area contributed by atoms with Gasteiger partial charge in [0.25, 0.3) is 5.91 Å². The highest BCUT2D eigenvalue weighted by molar-refractivity contribution is 7.89. The van der Waals surface area contributed by atoms with E-state index < -0.39 is 10.0 Å². The molecule has 0 spiro atoms. The quantitative estimate of drug-likeness (QED) is 0.632. The Hall–Kier alpha value is -2.75. The fourth-order valence-corrected chi connectivity index (χ4v) is 5.01.